The Morgan fingerprint density at radius 2 is 1.78 bits per heavy atom. The highest BCUT2D eigenvalue weighted by atomic mass is 35.5. The minimum atomic E-state index is -0.945. The van der Waals surface area contributed by atoms with Crippen LogP contribution >= 0.6 is 23.2 Å². The van der Waals surface area contributed by atoms with E-state index in [4.69, 9.17) is 32.7 Å². The third-order valence-corrected chi connectivity index (χ3v) is 4.59. The molecule has 0 aliphatic heterocycles. The van der Waals surface area contributed by atoms with Crippen LogP contribution in [0, 0.1) is 0 Å². The number of carbonyl (C=O) groups is 1. The van der Waals surface area contributed by atoms with Gasteiger partial charge in [0.05, 0.1) is 30.4 Å². The topological polar surface area (TPSA) is 71.6 Å². The first-order valence-electron chi connectivity index (χ1n) is 8.56. The highest BCUT2D eigenvalue weighted by Gasteiger charge is 2.20. The van der Waals surface area contributed by atoms with Crippen molar-refractivity contribution < 1.29 is 19.4 Å². The van der Waals surface area contributed by atoms with Crippen LogP contribution in [0.1, 0.15) is 19.4 Å². The number of carboxylic acids is 1. The van der Waals surface area contributed by atoms with E-state index in [1.165, 1.54) is 0 Å². The number of aromatic amines is 1. The van der Waals surface area contributed by atoms with Crippen LogP contribution in [-0.2, 0) is 11.2 Å². The monoisotopic (exact) mass is 407 g/mol. The Kier molecular flexibility index (Phi) is 5.82. The third-order valence-electron chi connectivity index (χ3n) is 4.08. The Morgan fingerprint density at radius 1 is 1.07 bits per heavy atom. The zero-order valence-corrected chi connectivity index (χ0v) is 16.4. The molecule has 2 aromatic carbocycles. The van der Waals surface area contributed by atoms with Crippen molar-refractivity contribution in [2.45, 2.75) is 20.3 Å². The van der Waals surface area contributed by atoms with Crippen LogP contribution in [0.3, 0.4) is 0 Å². The molecule has 2 N–H and O–H groups in total. The maximum Gasteiger partial charge on any atom is 0.307 e. The van der Waals surface area contributed by atoms with Gasteiger partial charge in [0.2, 0.25) is 0 Å². The van der Waals surface area contributed by atoms with Gasteiger partial charge in [-0.2, -0.15) is 0 Å². The summed E-state index contributed by atoms with van der Waals surface area (Å²) in [7, 11) is 0. The molecule has 0 bridgehead atoms. The number of carboxylic acid groups (broad SMARTS) is 1. The summed E-state index contributed by atoms with van der Waals surface area (Å²) in [6.45, 7) is 4.80. The van der Waals surface area contributed by atoms with Crippen molar-refractivity contribution >= 4 is 40.1 Å². The quantitative estimate of drug-likeness (QED) is 0.537. The van der Waals surface area contributed by atoms with Gasteiger partial charge in [-0.25, -0.2) is 0 Å². The average molecular weight is 408 g/mol. The average Bonchev–Trinajstić information content (AvgIpc) is 2.94. The second-order valence-corrected chi connectivity index (χ2v) is 6.73. The second kappa shape index (κ2) is 8.11. The number of aliphatic carboxylic acids is 1. The van der Waals surface area contributed by atoms with Gasteiger partial charge in [-0.15, -0.1) is 0 Å². The van der Waals surface area contributed by atoms with E-state index < -0.39 is 5.97 Å². The number of benzene rings is 2. The van der Waals surface area contributed by atoms with Crippen LogP contribution in [0.25, 0.3) is 22.2 Å². The lowest BCUT2D eigenvalue weighted by atomic mass is 10.0. The first-order valence-corrected chi connectivity index (χ1v) is 9.31. The molecule has 0 aliphatic carbocycles. The van der Waals surface area contributed by atoms with Crippen LogP contribution in [-0.4, -0.2) is 29.3 Å². The number of fused-ring (bicyclic) bond motifs is 1. The number of aromatic nitrogens is 1. The summed E-state index contributed by atoms with van der Waals surface area (Å²) in [4.78, 5) is 14.7. The highest BCUT2D eigenvalue weighted by molar-refractivity contribution is 6.39. The van der Waals surface area contributed by atoms with E-state index in [-0.39, 0.29) is 6.42 Å². The maximum absolute atomic E-state index is 11.5. The number of ether oxygens (including phenoxy) is 2. The normalized spacial score (nSPS) is 11.0. The minimum absolute atomic E-state index is 0.173. The summed E-state index contributed by atoms with van der Waals surface area (Å²) >= 11 is 12.5. The van der Waals surface area contributed by atoms with Gasteiger partial charge in [0, 0.05) is 21.5 Å². The van der Waals surface area contributed by atoms with Crippen LogP contribution < -0.4 is 9.47 Å². The molecule has 1 aromatic heterocycles. The van der Waals surface area contributed by atoms with Gasteiger partial charge in [-0.3, -0.25) is 4.79 Å². The number of halogens is 2. The Morgan fingerprint density at radius 3 is 2.44 bits per heavy atom. The molecule has 142 valence electrons. The molecule has 27 heavy (non-hydrogen) atoms. The number of hydrogen-bond acceptors (Lipinski definition) is 3. The molecule has 0 fully saturated rings. The fourth-order valence-corrected chi connectivity index (χ4v) is 3.70. The predicted molar refractivity (Wildman–Crippen MR) is 107 cm³/mol. The molecule has 0 aliphatic rings. The Bertz CT molecular complexity index is 997. The Balaban J connectivity index is 2.22. The number of hydrogen-bond donors (Lipinski definition) is 2. The van der Waals surface area contributed by atoms with E-state index >= 15 is 0 Å². The van der Waals surface area contributed by atoms with Gasteiger partial charge in [0.25, 0.3) is 0 Å². The maximum atomic E-state index is 11.5. The van der Waals surface area contributed by atoms with Gasteiger partial charge in [0.1, 0.15) is 0 Å². The lowest BCUT2D eigenvalue weighted by molar-refractivity contribution is -0.136. The largest absolute Gasteiger partial charge is 0.490 e. The van der Waals surface area contributed by atoms with E-state index in [1.807, 2.05) is 32.0 Å². The van der Waals surface area contributed by atoms with Crippen LogP contribution in [0.4, 0.5) is 0 Å². The first-order chi connectivity index (χ1) is 12.9. The number of rotatable bonds is 7. The van der Waals surface area contributed by atoms with Crippen molar-refractivity contribution in [1.29, 1.82) is 0 Å². The molecule has 0 radical (unpaired) electrons. The van der Waals surface area contributed by atoms with Crippen molar-refractivity contribution in [2.75, 3.05) is 13.2 Å². The van der Waals surface area contributed by atoms with E-state index in [1.54, 1.807) is 12.1 Å². The summed E-state index contributed by atoms with van der Waals surface area (Å²) in [6, 6.07) is 8.85. The summed E-state index contributed by atoms with van der Waals surface area (Å²) in [5.41, 5.74) is 2.73. The minimum Gasteiger partial charge on any atom is -0.490 e. The van der Waals surface area contributed by atoms with Crippen molar-refractivity contribution in [3.8, 4) is 22.8 Å². The van der Waals surface area contributed by atoms with Crippen molar-refractivity contribution in [1.82, 2.24) is 4.98 Å². The summed E-state index contributed by atoms with van der Waals surface area (Å²) < 4.78 is 11.3. The van der Waals surface area contributed by atoms with Gasteiger partial charge in [-0.1, -0.05) is 23.2 Å². The van der Waals surface area contributed by atoms with Crippen LogP contribution in [0.5, 0.6) is 11.5 Å². The molecule has 0 saturated heterocycles. The van der Waals surface area contributed by atoms with E-state index in [0.717, 1.165) is 5.56 Å². The molecular weight excluding hydrogens is 389 g/mol. The number of nitrogens with one attached hydrogen (secondary N) is 1. The molecule has 0 amide bonds. The SMILES string of the molecule is CCOc1ccc(-c2[nH]c3cc(Cl)cc(Cl)c3c2CC(=O)O)cc1OCC. The molecule has 0 spiro atoms. The Hall–Kier alpha value is -2.37. The molecule has 7 heteroatoms. The van der Waals surface area contributed by atoms with E-state index in [2.05, 4.69) is 4.98 Å². The molecule has 0 saturated carbocycles. The summed E-state index contributed by atoms with van der Waals surface area (Å²) in [5.74, 6) is 0.292. The molecule has 0 atom stereocenters. The zero-order chi connectivity index (χ0) is 19.6. The van der Waals surface area contributed by atoms with E-state index in [0.29, 0.717) is 56.9 Å². The third kappa shape index (κ3) is 3.99. The van der Waals surface area contributed by atoms with Gasteiger partial charge in [-0.05, 0) is 49.7 Å². The van der Waals surface area contributed by atoms with Crippen molar-refractivity contribution in [2.24, 2.45) is 0 Å². The van der Waals surface area contributed by atoms with Crippen LogP contribution in [0.2, 0.25) is 10.0 Å². The zero-order valence-electron chi connectivity index (χ0n) is 14.9. The summed E-state index contributed by atoms with van der Waals surface area (Å²) in [6.07, 6.45) is -0.173. The molecule has 5 nitrogen and oxygen atoms in total. The predicted octanol–water partition coefficient (Wildman–Crippen LogP) is 5.57. The first kappa shape index (κ1) is 19.4. The highest BCUT2D eigenvalue weighted by Crippen LogP contribution is 2.39. The molecule has 3 rings (SSSR count). The number of H-pyrrole nitrogens is 1. The lowest BCUT2D eigenvalue weighted by Gasteiger charge is -2.12. The van der Waals surface area contributed by atoms with Crippen LogP contribution in [0.15, 0.2) is 30.3 Å². The Labute approximate surface area is 166 Å². The fraction of sp³-hybridized carbons (Fsp3) is 0.250. The van der Waals surface area contributed by atoms with E-state index in [9.17, 15) is 9.90 Å². The second-order valence-electron chi connectivity index (χ2n) is 5.89. The van der Waals surface area contributed by atoms with Gasteiger partial charge < -0.3 is 19.6 Å². The smallest absolute Gasteiger partial charge is 0.307 e. The molecule has 3 aromatic rings. The van der Waals surface area contributed by atoms with Gasteiger partial charge in [0.15, 0.2) is 11.5 Å². The van der Waals surface area contributed by atoms with Crippen molar-refractivity contribution in [3.05, 3.63) is 45.9 Å². The molecular formula is C20H19Cl2NO4. The van der Waals surface area contributed by atoms with Crippen molar-refractivity contribution in [3.63, 3.8) is 0 Å². The molecule has 0 unspecified atom stereocenters. The molecule has 1 heterocycles. The summed E-state index contributed by atoms with van der Waals surface area (Å²) in [5, 5.41) is 10.9. The fourth-order valence-electron chi connectivity index (χ4n) is 3.10. The van der Waals surface area contributed by atoms with Gasteiger partial charge >= 0.3 is 5.97 Å². The standard InChI is InChI=1S/C20H19Cl2NO4/c1-3-26-16-6-5-11(7-17(16)27-4-2)20-13(10-18(24)25)19-14(22)8-12(21)9-15(19)23-20/h5-9,23H,3-4,10H2,1-2H3,(H,24,25). The lowest BCUT2D eigenvalue weighted by Crippen LogP contribution is -2.02.